The molecule has 2 atom stereocenters. The van der Waals surface area contributed by atoms with Crippen LogP contribution < -0.4 is 10.2 Å². The molecule has 0 aromatic heterocycles. The van der Waals surface area contributed by atoms with Gasteiger partial charge in [0.15, 0.2) is 0 Å². The largest absolute Gasteiger partial charge is 0.444 e. The summed E-state index contributed by atoms with van der Waals surface area (Å²) in [5.41, 5.74) is 0.757. The fourth-order valence-corrected chi connectivity index (χ4v) is 4.70. The van der Waals surface area contributed by atoms with Crippen molar-refractivity contribution in [2.24, 2.45) is 0 Å². The lowest BCUT2D eigenvalue weighted by Gasteiger charge is -2.35. The fraction of sp³-hybridized carbons (Fsp3) is 0.462. The smallest absolute Gasteiger partial charge is 0.415 e. The number of carbonyl (C=O) groups is 2. The molecule has 2 fully saturated rings. The van der Waals surface area contributed by atoms with Crippen molar-refractivity contribution in [3.63, 3.8) is 0 Å². The van der Waals surface area contributed by atoms with Gasteiger partial charge in [0.1, 0.15) is 23.6 Å². The average Bonchev–Trinajstić information content (AvgIpc) is 3.10. The number of cyclic esters (lactones) is 1. The molecule has 0 spiro atoms. The van der Waals surface area contributed by atoms with Crippen LogP contribution in [0.5, 0.6) is 0 Å². The number of carbonyl (C=O) groups excluding carboxylic acids is 2. The highest BCUT2D eigenvalue weighted by Gasteiger charge is 2.44. The summed E-state index contributed by atoms with van der Waals surface area (Å²) in [6.07, 6.45) is 0.130. The fourth-order valence-electron chi connectivity index (χ4n) is 4.58. The first-order valence-electron chi connectivity index (χ1n) is 11.8. The number of anilines is 1. The predicted molar refractivity (Wildman–Crippen MR) is 132 cm³/mol. The molecular weight excluding hydrogens is 473 g/mol. The van der Waals surface area contributed by atoms with E-state index in [0.29, 0.717) is 22.8 Å². The van der Waals surface area contributed by atoms with Gasteiger partial charge in [-0.2, -0.15) is 0 Å². The van der Waals surface area contributed by atoms with Crippen molar-refractivity contribution in [3.05, 3.63) is 64.9 Å². The lowest BCUT2D eigenvalue weighted by Crippen LogP contribution is -2.48. The Bertz CT molecular complexity index is 1050. The first-order chi connectivity index (χ1) is 16.6. The maximum atomic E-state index is 14.1. The number of hydrogen-bond acceptors (Lipinski definition) is 5. The normalized spacial score (nSPS) is 21.6. The van der Waals surface area contributed by atoms with Crippen LogP contribution in [-0.2, 0) is 9.47 Å². The maximum absolute atomic E-state index is 14.1. The number of rotatable bonds is 5. The Labute approximate surface area is 210 Å². The molecule has 7 nitrogen and oxygen atoms in total. The van der Waals surface area contributed by atoms with Crippen LogP contribution in [0.15, 0.2) is 48.5 Å². The van der Waals surface area contributed by atoms with E-state index in [1.165, 1.54) is 12.1 Å². The Balaban J connectivity index is 1.45. The Kier molecular flexibility index (Phi) is 7.52. The molecule has 0 bridgehead atoms. The first-order valence-corrected chi connectivity index (χ1v) is 12.2. The van der Waals surface area contributed by atoms with Gasteiger partial charge in [0, 0.05) is 36.4 Å². The average molecular weight is 504 g/mol. The second kappa shape index (κ2) is 10.4. The summed E-state index contributed by atoms with van der Waals surface area (Å²) in [6, 6.07) is 12.7. The SMILES string of the molecule is CC(C)(C)OC(=O)NC1CCN(C[C@@H]2OC(=O)N(c3ccc(Cl)cc3)[C@H]2c2cccc(F)c2)CC1. The van der Waals surface area contributed by atoms with Crippen LogP contribution in [0, 0.1) is 5.82 Å². The van der Waals surface area contributed by atoms with E-state index in [2.05, 4.69) is 10.2 Å². The minimum absolute atomic E-state index is 0.0248. The number of likely N-dealkylation sites (tertiary alicyclic amines) is 1. The summed E-state index contributed by atoms with van der Waals surface area (Å²) < 4.78 is 25.3. The Morgan fingerprint density at radius 1 is 1.17 bits per heavy atom. The zero-order valence-electron chi connectivity index (χ0n) is 20.2. The van der Waals surface area contributed by atoms with E-state index in [1.54, 1.807) is 35.2 Å². The molecule has 2 aromatic carbocycles. The molecule has 2 saturated heterocycles. The maximum Gasteiger partial charge on any atom is 0.415 e. The number of alkyl carbamates (subject to hydrolysis) is 1. The number of hydrogen-bond donors (Lipinski definition) is 1. The summed E-state index contributed by atoms with van der Waals surface area (Å²) in [6.45, 7) is 7.45. The van der Waals surface area contributed by atoms with E-state index >= 15 is 0 Å². The number of ether oxygens (including phenoxy) is 2. The zero-order valence-corrected chi connectivity index (χ0v) is 20.9. The molecule has 35 heavy (non-hydrogen) atoms. The van der Waals surface area contributed by atoms with Gasteiger partial charge in [-0.1, -0.05) is 23.7 Å². The summed E-state index contributed by atoms with van der Waals surface area (Å²) in [5.74, 6) is -0.370. The molecule has 2 amide bonds. The van der Waals surface area contributed by atoms with Gasteiger partial charge in [0.05, 0.1) is 0 Å². The highest BCUT2D eigenvalue weighted by atomic mass is 35.5. The number of nitrogens with zero attached hydrogens (tertiary/aromatic N) is 2. The van der Waals surface area contributed by atoms with Gasteiger partial charge in [0.2, 0.25) is 0 Å². The van der Waals surface area contributed by atoms with Crippen LogP contribution in [0.4, 0.5) is 19.7 Å². The zero-order chi connectivity index (χ0) is 25.2. The topological polar surface area (TPSA) is 71.1 Å². The highest BCUT2D eigenvalue weighted by molar-refractivity contribution is 6.30. The van der Waals surface area contributed by atoms with Gasteiger partial charge in [-0.15, -0.1) is 0 Å². The van der Waals surface area contributed by atoms with Crippen molar-refractivity contribution >= 4 is 29.5 Å². The third kappa shape index (κ3) is 6.44. The minimum Gasteiger partial charge on any atom is -0.444 e. The number of nitrogens with one attached hydrogen (secondary N) is 1. The van der Waals surface area contributed by atoms with Crippen LogP contribution in [0.2, 0.25) is 5.02 Å². The predicted octanol–water partition coefficient (Wildman–Crippen LogP) is 5.53. The van der Waals surface area contributed by atoms with E-state index < -0.39 is 29.9 Å². The number of amides is 2. The van der Waals surface area contributed by atoms with E-state index in [1.807, 2.05) is 26.8 Å². The van der Waals surface area contributed by atoms with E-state index in [9.17, 15) is 14.0 Å². The summed E-state index contributed by atoms with van der Waals surface area (Å²) in [5, 5.41) is 3.50. The van der Waals surface area contributed by atoms with Gasteiger partial charge < -0.3 is 14.8 Å². The van der Waals surface area contributed by atoms with Crippen LogP contribution in [0.25, 0.3) is 0 Å². The first kappa shape index (κ1) is 25.3. The molecule has 188 valence electrons. The van der Waals surface area contributed by atoms with Crippen molar-refractivity contribution in [1.82, 2.24) is 10.2 Å². The molecule has 2 aliphatic heterocycles. The Hall–Kier alpha value is -2.84. The monoisotopic (exact) mass is 503 g/mol. The second-order valence-corrected chi connectivity index (χ2v) is 10.4. The quantitative estimate of drug-likeness (QED) is 0.580. The molecule has 9 heteroatoms. The lowest BCUT2D eigenvalue weighted by molar-refractivity contribution is 0.0456. The van der Waals surface area contributed by atoms with Gasteiger partial charge in [0.25, 0.3) is 0 Å². The third-order valence-corrected chi connectivity index (χ3v) is 6.37. The van der Waals surface area contributed by atoms with Crippen LogP contribution in [0.3, 0.4) is 0 Å². The van der Waals surface area contributed by atoms with Gasteiger partial charge in [-0.25, -0.2) is 14.0 Å². The van der Waals surface area contributed by atoms with Crippen molar-refractivity contribution < 1.29 is 23.5 Å². The van der Waals surface area contributed by atoms with Crippen LogP contribution in [-0.4, -0.2) is 54.5 Å². The number of benzene rings is 2. The molecule has 1 N–H and O–H groups in total. The van der Waals surface area contributed by atoms with Crippen molar-refractivity contribution in [2.75, 3.05) is 24.5 Å². The summed E-state index contributed by atoms with van der Waals surface area (Å²) in [4.78, 5) is 28.8. The Morgan fingerprint density at radius 2 is 1.86 bits per heavy atom. The number of halogens is 2. The van der Waals surface area contributed by atoms with Gasteiger partial charge >= 0.3 is 12.2 Å². The van der Waals surface area contributed by atoms with E-state index in [4.69, 9.17) is 21.1 Å². The summed E-state index contributed by atoms with van der Waals surface area (Å²) >= 11 is 6.04. The molecule has 0 radical (unpaired) electrons. The standard InChI is InChI=1S/C26H31ClFN3O4/c1-26(2,3)35-24(32)29-20-11-13-30(14-12-20)16-22-23(17-5-4-6-19(28)15-17)31(25(33)34-22)21-9-7-18(27)8-10-21/h4-10,15,20,22-23H,11-14,16H2,1-3H3,(H,29,32)/t22-,23-/m0/s1. The highest BCUT2D eigenvalue weighted by Crippen LogP contribution is 2.38. The molecule has 4 rings (SSSR count). The third-order valence-electron chi connectivity index (χ3n) is 6.12. The van der Waals surface area contributed by atoms with Gasteiger partial charge in [-0.05, 0) is 75.6 Å². The van der Waals surface area contributed by atoms with E-state index in [-0.39, 0.29) is 11.9 Å². The van der Waals surface area contributed by atoms with E-state index in [0.717, 1.165) is 25.9 Å². The Morgan fingerprint density at radius 3 is 2.49 bits per heavy atom. The number of piperidine rings is 1. The molecule has 0 unspecified atom stereocenters. The van der Waals surface area contributed by atoms with Crippen molar-refractivity contribution in [3.8, 4) is 0 Å². The minimum atomic E-state index is -0.543. The second-order valence-electron chi connectivity index (χ2n) is 9.99. The van der Waals surface area contributed by atoms with Crippen LogP contribution >= 0.6 is 11.6 Å². The lowest BCUT2D eigenvalue weighted by atomic mass is 9.98. The molecule has 2 aromatic rings. The molecular formula is C26H31ClFN3O4. The molecule has 2 heterocycles. The molecule has 0 saturated carbocycles. The molecule has 0 aliphatic carbocycles. The molecule has 2 aliphatic rings. The van der Waals surface area contributed by atoms with Crippen molar-refractivity contribution in [2.45, 2.75) is 57.4 Å². The summed E-state index contributed by atoms with van der Waals surface area (Å²) in [7, 11) is 0. The van der Waals surface area contributed by atoms with Crippen LogP contribution in [0.1, 0.15) is 45.2 Å². The van der Waals surface area contributed by atoms with Crippen molar-refractivity contribution in [1.29, 1.82) is 0 Å². The van der Waals surface area contributed by atoms with Gasteiger partial charge in [-0.3, -0.25) is 9.80 Å².